The van der Waals surface area contributed by atoms with Gasteiger partial charge in [-0.2, -0.15) is 0 Å². The largest absolute Gasteiger partial charge is 0.480 e. The Morgan fingerprint density at radius 1 is 0.938 bits per heavy atom. The molecule has 0 aliphatic heterocycles. The van der Waals surface area contributed by atoms with Crippen molar-refractivity contribution in [1.29, 1.82) is 0 Å². The molecule has 0 spiro atoms. The van der Waals surface area contributed by atoms with E-state index in [1.54, 1.807) is 13.8 Å². The summed E-state index contributed by atoms with van der Waals surface area (Å²) < 4.78 is 0. The Morgan fingerprint density at radius 2 is 1.25 bits per heavy atom. The molecule has 0 bridgehead atoms. The van der Waals surface area contributed by atoms with Gasteiger partial charge in [0.1, 0.15) is 11.8 Å². The number of carboxylic acids is 1. The van der Waals surface area contributed by atoms with Crippen molar-refractivity contribution >= 4 is 11.8 Å². The Bertz CT molecular complexity index is 212. The van der Waals surface area contributed by atoms with Crippen molar-refractivity contribution in [2.24, 2.45) is 23.5 Å². The zero-order chi connectivity index (χ0) is 13.5. The first kappa shape index (κ1) is 17.5. The molecule has 0 unspecified atom stereocenters. The van der Waals surface area contributed by atoms with Gasteiger partial charge in [0.15, 0.2) is 0 Å². The smallest absolute Gasteiger partial charge is 0.320 e. The standard InChI is InChI=1S/C7H14O.C5H11NO2/c1-5(2)7(8)6(3)4;1-3(2)4(6)5(7)8/h5-6H,1-4H3;3-4H,6H2,1-2H3,(H,7,8)/t;4-/m.0/s1. The first-order chi connectivity index (χ1) is 7.11. The molecule has 0 radical (unpaired) electrons. The Hall–Kier alpha value is -0.900. The molecule has 0 aliphatic carbocycles. The lowest BCUT2D eigenvalue weighted by Gasteiger charge is -2.07. The van der Waals surface area contributed by atoms with Crippen LogP contribution in [0.15, 0.2) is 0 Å². The fourth-order valence-corrected chi connectivity index (χ4v) is 0.952. The van der Waals surface area contributed by atoms with Crippen LogP contribution in [0.1, 0.15) is 41.5 Å². The van der Waals surface area contributed by atoms with E-state index in [1.165, 1.54) is 0 Å². The molecule has 0 aromatic rings. The van der Waals surface area contributed by atoms with Crippen molar-refractivity contribution in [1.82, 2.24) is 0 Å². The van der Waals surface area contributed by atoms with E-state index < -0.39 is 12.0 Å². The summed E-state index contributed by atoms with van der Waals surface area (Å²) in [7, 11) is 0. The summed E-state index contributed by atoms with van der Waals surface area (Å²) in [5.74, 6) is -0.150. The maximum atomic E-state index is 10.8. The molecule has 3 N–H and O–H groups in total. The molecule has 0 heterocycles. The Labute approximate surface area is 98.2 Å². The summed E-state index contributed by atoms with van der Waals surface area (Å²) in [6.07, 6.45) is 0. The van der Waals surface area contributed by atoms with Crippen LogP contribution in [0.5, 0.6) is 0 Å². The third-order valence-corrected chi connectivity index (χ3v) is 2.14. The quantitative estimate of drug-likeness (QED) is 0.774. The number of Topliss-reactive ketones (excluding diaryl/α,β-unsaturated/α-hetero) is 1. The normalized spacial score (nSPS) is 12.4. The molecule has 0 aromatic heterocycles. The van der Waals surface area contributed by atoms with Crippen molar-refractivity contribution in [2.45, 2.75) is 47.6 Å². The van der Waals surface area contributed by atoms with E-state index in [0.717, 1.165) is 0 Å². The van der Waals surface area contributed by atoms with Gasteiger partial charge in [0, 0.05) is 11.8 Å². The van der Waals surface area contributed by atoms with Gasteiger partial charge in [0.05, 0.1) is 0 Å². The van der Waals surface area contributed by atoms with Crippen LogP contribution >= 0.6 is 0 Å². The average Bonchev–Trinajstić information content (AvgIpc) is 2.15. The van der Waals surface area contributed by atoms with Crippen molar-refractivity contribution in [2.75, 3.05) is 0 Å². The van der Waals surface area contributed by atoms with Gasteiger partial charge in [-0.3, -0.25) is 9.59 Å². The van der Waals surface area contributed by atoms with Gasteiger partial charge in [-0.1, -0.05) is 41.5 Å². The molecule has 0 aliphatic rings. The average molecular weight is 231 g/mol. The molecule has 96 valence electrons. The molecule has 4 nitrogen and oxygen atoms in total. The number of rotatable bonds is 4. The minimum absolute atomic E-state index is 0.0208. The number of carboxylic acid groups (broad SMARTS) is 1. The lowest BCUT2D eigenvalue weighted by atomic mass is 9.99. The first-order valence-electron chi connectivity index (χ1n) is 5.63. The SMILES string of the molecule is CC(C)C(=O)C(C)C.CC(C)[C@H](N)C(=O)O. The zero-order valence-electron chi connectivity index (χ0n) is 11.2. The number of ketones is 1. The highest BCUT2D eigenvalue weighted by molar-refractivity contribution is 5.81. The molecule has 0 amide bonds. The molecule has 16 heavy (non-hydrogen) atoms. The maximum absolute atomic E-state index is 10.8. The number of aliphatic carboxylic acids is 1. The van der Waals surface area contributed by atoms with Crippen LogP contribution in [0.2, 0.25) is 0 Å². The Morgan fingerprint density at radius 3 is 1.25 bits per heavy atom. The highest BCUT2D eigenvalue weighted by atomic mass is 16.4. The molecular weight excluding hydrogens is 206 g/mol. The van der Waals surface area contributed by atoms with Gasteiger partial charge in [0.2, 0.25) is 0 Å². The van der Waals surface area contributed by atoms with Crippen molar-refractivity contribution in [3.63, 3.8) is 0 Å². The van der Waals surface area contributed by atoms with E-state index in [0.29, 0.717) is 5.78 Å². The van der Waals surface area contributed by atoms with E-state index in [1.807, 2.05) is 27.7 Å². The second-order valence-corrected chi connectivity index (χ2v) is 4.82. The lowest BCUT2D eigenvalue weighted by molar-refractivity contribution is -0.139. The summed E-state index contributed by atoms with van der Waals surface area (Å²) in [6.45, 7) is 11.3. The van der Waals surface area contributed by atoms with E-state index in [9.17, 15) is 9.59 Å². The van der Waals surface area contributed by atoms with Gasteiger partial charge in [-0.25, -0.2) is 0 Å². The van der Waals surface area contributed by atoms with Gasteiger partial charge >= 0.3 is 5.97 Å². The summed E-state index contributed by atoms with van der Waals surface area (Å²) in [5, 5.41) is 8.23. The van der Waals surface area contributed by atoms with Crippen molar-refractivity contribution < 1.29 is 14.7 Å². The van der Waals surface area contributed by atoms with Crippen molar-refractivity contribution in [3.8, 4) is 0 Å². The number of hydrogen-bond acceptors (Lipinski definition) is 3. The fourth-order valence-electron chi connectivity index (χ4n) is 0.952. The fraction of sp³-hybridized carbons (Fsp3) is 0.833. The molecule has 4 heteroatoms. The van der Waals surface area contributed by atoms with Crippen LogP contribution in [-0.4, -0.2) is 22.9 Å². The second-order valence-electron chi connectivity index (χ2n) is 4.82. The Kier molecular flexibility index (Phi) is 9.05. The molecule has 0 saturated carbocycles. The van der Waals surface area contributed by atoms with Gasteiger partial charge < -0.3 is 10.8 Å². The molecular formula is C12H25NO3. The van der Waals surface area contributed by atoms with Crippen LogP contribution in [0, 0.1) is 17.8 Å². The number of hydrogen-bond donors (Lipinski definition) is 2. The summed E-state index contributed by atoms with van der Waals surface area (Å²) in [5.41, 5.74) is 5.16. The molecule has 0 saturated heterocycles. The van der Waals surface area contributed by atoms with Gasteiger partial charge in [0.25, 0.3) is 0 Å². The highest BCUT2D eigenvalue weighted by Gasteiger charge is 2.14. The zero-order valence-corrected chi connectivity index (χ0v) is 11.2. The summed E-state index contributed by atoms with van der Waals surface area (Å²) >= 11 is 0. The summed E-state index contributed by atoms with van der Waals surface area (Å²) in [4.78, 5) is 20.9. The van der Waals surface area contributed by atoms with Crippen LogP contribution < -0.4 is 5.73 Å². The second kappa shape index (κ2) is 8.28. The highest BCUT2D eigenvalue weighted by Crippen LogP contribution is 2.03. The third-order valence-electron chi connectivity index (χ3n) is 2.14. The lowest BCUT2D eigenvalue weighted by Crippen LogP contribution is -2.34. The molecule has 0 fully saturated rings. The van der Waals surface area contributed by atoms with Crippen LogP contribution in [0.3, 0.4) is 0 Å². The minimum Gasteiger partial charge on any atom is -0.480 e. The van der Waals surface area contributed by atoms with Gasteiger partial charge in [-0.05, 0) is 5.92 Å². The maximum Gasteiger partial charge on any atom is 0.320 e. The molecule has 1 atom stereocenters. The predicted molar refractivity (Wildman–Crippen MR) is 65.1 cm³/mol. The van der Waals surface area contributed by atoms with E-state index >= 15 is 0 Å². The predicted octanol–water partition coefficient (Wildman–Crippen LogP) is 1.92. The van der Waals surface area contributed by atoms with Gasteiger partial charge in [-0.15, -0.1) is 0 Å². The number of carbonyl (C=O) groups is 2. The number of nitrogens with two attached hydrogens (primary N) is 1. The topological polar surface area (TPSA) is 80.4 Å². The summed E-state index contributed by atoms with van der Waals surface area (Å²) in [6, 6.07) is -0.713. The Balaban J connectivity index is 0. The molecule has 0 rings (SSSR count). The van der Waals surface area contributed by atoms with Crippen LogP contribution in [-0.2, 0) is 9.59 Å². The van der Waals surface area contributed by atoms with Crippen LogP contribution in [0.25, 0.3) is 0 Å². The van der Waals surface area contributed by atoms with Crippen LogP contribution in [0.4, 0.5) is 0 Å². The minimum atomic E-state index is -0.931. The van der Waals surface area contributed by atoms with E-state index in [2.05, 4.69) is 0 Å². The third kappa shape index (κ3) is 8.41. The van der Waals surface area contributed by atoms with E-state index in [4.69, 9.17) is 10.8 Å². The van der Waals surface area contributed by atoms with E-state index in [-0.39, 0.29) is 17.8 Å². The molecule has 0 aromatic carbocycles. The number of carbonyl (C=O) groups excluding carboxylic acids is 1. The van der Waals surface area contributed by atoms with Crippen molar-refractivity contribution in [3.05, 3.63) is 0 Å². The monoisotopic (exact) mass is 231 g/mol. The first-order valence-corrected chi connectivity index (χ1v) is 5.63.